The van der Waals surface area contributed by atoms with Crippen LogP contribution in [0, 0.1) is 11.2 Å². The monoisotopic (exact) mass is 412 g/mol. The highest BCUT2D eigenvalue weighted by Gasteiger charge is 2.40. The number of nitrogens with two attached hydrogens (primary N) is 1. The quantitative estimate of drug-likeness (QED) is 0.515. The molecule has 0 amide bonds. The van der Waals surface area contributed by atoms with Gasteiger partial charge in [-0.25, -0.2) is 23.1 Å². The van der Waals surface area contributed by atoms with Crippen LogP contribution in [0.5, 0.6) is 0 Å². The van der Waals surface area contributed by atoms with Crippen molar-refractivity contribution in [3.05, 3.63) is 52.3 Å². The predicted molar refractivity (Wildman–Crippen MR) is 98.5 cm³/mol. The molecule has 1 aromatic heterocycles. The SMILES string of the molecule is CC(c1cc2c(cc1F)CN=C(c1ncc(Cl)cn1)N2)C(F)(F)COC(=N)N. The fourth-order valence-corrected chi connectivity index (χ4v) is 2.73. The lowest BCUT2D eigenvalue weighted by atomic mass is 9.92. The highest BCUT2D eigenvalue weighted by molar-refractivity contribution is 6.30. The van der Waals surface area contributed by atoms with E-state index in [9.17, 15) is 13.2 Å². The summed E-state index contributed by atoms with van der Waals surface area (Å²) in [7, 11) is 0. The predicted octanol–water partition coefficient (Wildman–Crippen LogP) is 3.29. The fourth-order valence-electron chi connectivity index (χ4n) is 2.63. The topological polar surface area (TPSA) is 109 Å². The number of aliphatic imine (C=N–C) groups is 1. The Morgan fingerprint density at radius 1 is 1.39 bits per heavy atom. The zero-order valence-corrected chi connectivity index (χ0v) is 15.4. The number of hydrogen-bond donors (Lipinski definition) is 3. The Balaban J connectivity index is 1.87. The fraction of sp³-hybridized carbons (Fsp3) is 0.294. The number of alkyl halides is 2. The summed E-state index contributed by atoms with van der Waals surface area (Å²) < 4.78 is 47.5. The van der Waals surface area contributed by atoms with Gasteiger partial charge in [-0.2, -0.15) is 0 Å². The molecule has 3 rings (SSSR count). The number of amidine groups is 2. The van der Waals surface area contributed by atoms with Crippen LogP contribution in [0.15, 0.2) is 29.5 Å². The number of halogens is 4. The minimum Gasteiger partial charge on any atom is -0.459 e. The van der Waals surface area contributed by atoms with E-state index in [1.807, 2.05) is 0 Å². The molecule has 1 aliphatic rings. The largest absolute Gasteiger partial charge is 0.459 e. The number of ether oxygens (including phenoxy) is 1. The third-order valence-corrected chi connectivity index (χ3v) is 4.43. The molecule has 1 unspecified atom stereocenters. The van der Waals surface area contributed by atoms with E-state index < -0.39 is 30.3 Å². The molecule has 4 N–H and O–H groups in total. The molecule has 2 heterocycles. The molecule has 11 heteroatoms. The molecular weight excluding hydrogens is 397 g/mol. The molecule has 0 radical (unpaired) electrons. The second-order valence-electron chi connectivity index (χ2n) is 6.18. The van der Waals surface area contributed by atoms with E-state index in [2.05, 4.69) is 25.0 Å². The van der Waals surface area contributed by atoms with Gasteiger partial charge in [-0.1, -0.05) is 18.5 Å². The Morgan fingerprint density at radius 2 is 2.07 bits per heavy atom. The van der Waals surface area contributed by atoms with E-state index in [-0.39, 0.29) is 17.9 Å². The lowest BCUT2D eigenvalue weighted by molar-refractivity contribution is -0.0649. The molecule has 1 aliphatic heterocycles. The lowest BCUT2D eigenvalue weighted by Crippen LogP contribution is -2.33. The maximum Gasteiger partial charge on any atom is 0.288 e. The number of fused-ring (bicyclic) bond motifs is 1. The van der Waals surface area contributed by atoms with Crippen molar-refractivity contribution in [2.45, 2.75) is 25.3 Å². The first-order chi connectivity index (χ1) is 13.2. The van der Waals surface area contributed by atoms with Crippen molar-refractivity contribution in [2.24, 2.45) is 10.7 Å². The Morgan fingerprint density at radius 3 is 2.71 bits per heavy atom. The summed E-state index contributed by atoms with van der Waals surface area (Å²) in [5.74, 6) is -5.15. The molecule has 7 nitrogen and oxygen atoms in total. The third-order valence-electron chi connectivity index (χ3n) is 4.24. The Bertz CT molecular complexity index is 935. The van der Waals surface area contributed by atoms with Gasteiger partial charge in [0.05, 0.1) is 17.5 Å². The Kier molecular flexibility index (Phi) is 5.41. The second kappa shape index (κ2) is 7.63. The number of aromatic nitrogens is 2. The molecule has 0 saturated carbocycles. The van der Waals surface area contributed by atoms with Crippen LogP contribution < -0.4 is 11.1 Å². The van der Waals surface area contributed by atoms with Crippen molar-refractivity contribution in [1.82, 2.24) is 9.97 Å². The third kappa shape index (κ3) is 4.16. The standard InChI is InChI=1S/C17H16ClF3N6O/c1-8(17(20,21)7-28-16(22)23)11-3-13-9(2-12(11)19)4-24-15(27-13)14-25-5-10(18)6-26-14/h2-3,5-6,8H,4,7H2,1H3,(H3,22,23)(H,24,27). The molecule has 148 valence electrons. The smallest absolute Gasteiger partial charge is 0.288 e. The van der Waals surface area contributed by atoms with Crippen LogP contribution in [0.25, 0.3) is 0 Å². The van der Waals surface area contributed by atoms with Crippen molar-refractivity contribution in [1.29, 1.82) is 5.41 Å². The average Bonchev–Trinajstić information content (AvgIpc) is 2.65. The maximum atomic E-state index is 14.5. The van der Waals surface area contributed by atoms with Gasteiger partial charge in [-0.05, 0) is 17.7 Å². The summed E-state index contributed by atoms with van der Waals surface area (Å²) in [5, 5.41) is 10.2. The van der Waals surface area contributed by atoms with Gasteiger partial charge in [-0.3, -0.25) is 10.4 Å². The van der Waals surface area contributed by atoms with E-state index >= 15 is 0 Å². The van der Waals surface area contributed by atoms with Crippen molar-refractivity contribution < 1.29 is 17.9 Å². The van der Waals surface area contributed by atoms with Crippen molar-refractivity contribution in [2.75, 3.05) is 11.9 Å². The molecule has 1 aromatic carbocycles. The Labute approximate surface area is 163 Å². The van der Waals surface area contributed by atoms with E-state index in [1.165, 1.54) is 31.5 Å². The molecule has 0 saturated heterocycles. The normalized spacial score (nSPS) is 14.5. The van der Waals surface area contributed by atoms with Crippen LogP contribution >= 0.6 is 11.6 Å². The number of hydrogen-bond acceptors (Lipinski definition) is 6. The van der Waals surface area contributed by atoms with Crippen molar-refractivity contribution >= 4 is 29.1 Å². The van der Waals surface area contributed by atoms with E-state index in [4.69, 9.17) is 22.7 Å². The summed E-state index contributed by atoms with van der Waals surface area (Å²) >= 11 is 5.76. The highest BCUT2D eigenvalue weighted by Crippen LogP contribution is 2.37. The number of nitrogens with zero attached hydrogens (tertiary/aromatic N) is 3. The van der Waals surface area contributed by atoms with E-state index in [0.717, 1.165) is 0 Å². The molecule has 28 heavy (non-hydrogen) atoms. The summed E-state index contributed by atoms with van der Waals surface area (Å²) in [6.07, 6.45) is 2.80. The zero-order chi connectivity index (χ0) is 20.5. The van der Waals surface area contributed by atoms with Crippen LogP contribution in [0.2, 0.25) is 5.02 Å². The van der Waals surface area contributed by atoms with Crippen LogP contribution in [-0.4, -0.2) is 34.4 Å². The summed E-state index contributed by atoms with van der Waals surface area (Å²) in [6, 6.07) is 1.64. The summed E-state index contributed by atoms with van der Waals surface area (Å²) in [4.78, 5) is 12.4. The minimum absolute atomic E-state index is 0.138. The van der Waals surface area contributed by atoms with Crippen molar-refractivity contribution in [3.8, 4) is 0 Å². The Hall–Kier alpha value is -2.88. The molecular formula is C17H16ClF3N6O. The second-order valence-corrected chi connectivity index (χ2v) is 6.62. The summed E-state index contributed by atoms with van der Waals surface area (Å²) in [5.41, 5.74) is 5.68. The molecule has 0 aliphatic carbocycles. The molecule has 1 atom stereocenters. The number of benzene rings is 1. The van der Waals surface area contributed by atoms with Gasteiger partial charge in [0.15, 0.2) is 18.3 Å². The molecule has 0 spiro atoms. The van der Waals surface area contributed by atoms with Gasteiger partial charge >= 0.3 is 0 Å². The summed E-state index contributed by atoms with van der Waals surface area (Å²) in [6.45, 7) is 0.187. The molecule has 2 aromatic rings. The van der Waals surface area contributed by atoms with Gasteiger partial charge in [-0.15, -0.1) is 0 Å². The van der Waals surface area contributed by atoms with Gasteiger partial charge in [0, 0.05) is 23.6 Å². The van der Waals surface area contributed by atoms with Crippen LogP contribution in [-0.2, 0) is 11.3 Å². The van der Waals surface area contributed by atoms with Gasteiger partial charge in [0.2, 0.25) is 0 Å². The van der Waals surface area contributed by atoms with Crippen LogP contribution in [0.1, 0.15) is 29.8 Å². The minimum atomic E-state index is -3.44. The van der Waals surface area contributed by atoms with Gasteiger partial charge in [0.1, 0.15) is 5.82 Å². The van der Waals surface area contributed by atoms with Crippen LogP contribution in [0.4, 0.5) is 18.9 Å². The maximum absolute atomic E-state index is 14.5. The number of anilines is 1. The van der Waals surface area contributed by atoms with Crippen LogP contribution in [0.3, 0.4) is 0 Å². The number of rotatable bonds is 5. The average molecular weight is 413 g/mol. The lowest BCUT2D eigenvalue weighted by Gasteiger charge is -2.26. The van der Waals surface area contributed by atoms with E-state index in [1.54, 1.807) is 0 Å². The molecule has 0 fully saturated rings. The first-order valence-electron chi connectivity index (χ1n) is 8.13. The molecule has 0 bridgehead atoms. The highest BCUT2D eigenvalue weighted by atomic mass is 35.5. The van der Waals surface area contributed by atoms with Gasteiger partial charge in [0.25, 0.3) is 11.9 Å². The zero-order valence-electron chi connectivity index (χ0n) is 14.6. The number of nitrogens with one attached hydrogen (secondary N) is 2. The first kappa shape index (κ1) is 19.9. The van der Waals surface area contributed by atoms with E-state index in [0.29, 0.717) is 22.1 Å². The first-order valence-corrected chi connectivity index (χ1v) is 8.51. The van der Waals surface area contributed by atoms with Gasteiger partial charge < -0.3 is 15.8 Å². The van der Waals surface area contributed by atoms with Crippen molar-refractivity contribution in [3.63, 3.8) is 0 Å².